The molecule has 1 heterocycles. The lowest BCUT2D eigenvalue weighted by molar-refractivity contribution is 0.280. The van der Waals surface area contributed by atoms with Crippen LogP contribution >= 0.6 is 0 Å². The van der Waals surface area contributed by atoms with Gasteiger partial charge in [-0.25, -0.2) is 0 Å². The average Bonchev–Trinajstić information content (AvgIpc) is 2.41. The fourth-order valence-electron chi connectivity index (χ4n) is 1.16. The lowest BCUT2D eigenvalue weighted by atomic mass is 10.2. The van der Waals surface area contributed by atoms with Crippen LogP contribution in [-0.4, -0.2) is 11.7 Å². The molecule has 3 heteroatoms. The Morgan fingerprint density at radius 2 is 2.23 bits per heavy atom. The van der Waals surface area contributed by atoms with Gasteiger partial charge in [-0.1, -0.05) is 6.07 Å². The van der Waals surface area contributed by atoms with Crippen molar-refractivity contribution in [2.45, 2.75) is 6.61 Å². The Balaban J connectivity index is 2.37. The Kier molecular flexibility index (Phi) is 2.19. The van der Waals surface area contributed by atoms with Crippen LogP contribution in [0.2, 0.25) is 0 Å². The lowest BCUT2D eigenvalue weighted by Crippen LogP contribution is -1.92. The maximum atomic E-state index is 8.90. The molecule has 0 saturated carbocycles. The number of ether oxygens (including phenoxy) is 2. The molecule has 13 heavy (non-hydrogen) atoms. The van der Waals surface area contributed by atoms with E-state index in [1.165, 1.54) is 0 Å². The SMILES string of the molecule is OCc1ccc2c(c1)OC=CCO2. The van der Waals surface area contributed by atoms with E-state index in [0.717, 1.165) is 5.56 Å². The van der Waals surface area contributed by atoms with Crippen LogP contribution < -0.4 is 9.47 Å². The number of hydrogen-bond acceptors (Lipinski definition) is 3. The zero-order valence-electron chi connectivity index (χ0n) is 7.06. The Morgan fingerprint density at radius 1 is 1.31 bits per heavy atom. The first kappa shape index (κ1) is 8.13. The van der Waals surface area contributed by atoms with Crippen molar-refractivity contribution in [1.29, 1.82) is 0 Å². The first-order valence-corrected chi connectivity index (χ1v) is 4.08. The third kappa shape index (κ3) is 1.65. The van der Waals surface area contributed by atoms with Crippen molar-refractivity contribution < 1.29 is 14.6 Å². The molecular weight excluding hydrogens is 168 g/mol. The van der Waals surface area contributed by atoms with Gasteiger partial charge in [0.1, 0.15) is 6.61 Å². The number of aliphatic hydroxyl groups is 1. The molecule has 1 aromatic carbocycles. The van der Waals surface area contributed by atoms with E-state index in [1.807, 2.05) is 6.07 Å². The summed E-state index contributed by atoms with van der Waals surface area (Å²) in [5.74, 6) is 1.36. The van der Waals surface area contributed by atoms with Gasteiger partial charge in [0.25, 0.3) is 0 Å². The first-order chi connectivity index (χ1) is 6.40. The predicted molar refractivity (Wildman–Crippen MR) is 47.6 cm³/mol. The quantitative estimate of drug-likeness (QED) is 0.707. The van der Waals surface area contributed by atoms with Crippen molar-refractivity contribution in [2.24, 2.45) is 0 Å². The third-order valence-electron chi connectivity index (χ3n) is 1.82. The van der Waals surface area contributed by atoms with Gasteiger partial charge in [-0.3, -0.25) is 0 Å². The molecule has 0 radical (unpaired) electrons. The van der Waals surface area contributed by atoms with Crippen LogP contribution in [0.3, 0.4) is 0 Å². The topological polar surface area (TPSA) is 38.7 Å². The second-order valence-electron chi connectivity index (χ2n) is 2.74. The zero-order valence-corrected chi connectivity index (χ0v) is 7.06. The van der Waals surface area contributed by atoms with E-state index >= 15 is 0 Å². The molecule has 0 amide bonds. The summed E-state index contributed by atoms with van der Waals surface area (Å²) < 4.78 is 10.6. The smallest absolute Gasteiger partial charge is 0.168 e. The summed E-state index contributed by atoms with van der Waals surface area (Å²) in [6, 6.07) is 5.38. The van der Waals surface area contributed by atoms with E-state index < -0.39 is 0 Å². The number of hydrogen-bond donors (Lipinski definition) is 1. The highest BCUT2D eigenvalue weighted by Gasteiger charge is 2.07. The summed E-state index contributed by atoms with van der Waals surface area (Å²) in [5.41, 5.74) is 0.817. The minimum atomic E-state index is 0.0142. The molecule has 1 N–H and O–H groups in total. The maximum Gasteiger partial charge on any atom is 0.168 e. The van der Waals surface area contributed by atoms with E-state index in [1.54, 1.807) is 24.5 Å². The van der Waals surface area contributed by atoms with Crippen molar-refractivity contribution in [1.82, 2.24) is 0 Å². The van der Waals surface area contributed by atoms with Gasteiger partial charge in [0.2, 0.25) is 0 Å². The molecule has 0 bridgehead atoms. The molecule has 0 aliphatic carbocycles. The first-order valence-electron chi connectivity index (χ1n) is 4.08. The van der Waals surface area contributed by atoms with Crippen LogP contribution in [0.4, 0.5) is 0 Å². The van der Waals surface area contributed by atoms with Gasteiger partial charge in [0.05, 0.1) is 12.9 Å². The largest absolute Gasteiger partial charge is 0.485 e. The second-order valence-corrected chi connectivity index (χ2v) is 2.74. The van der Waals surface area contributed by atoms with Crippen molar-refractivity contribution in [3.63, 3.8) is 0 Å². The summed E-state index contributed by atoms with van der Waals surface area (Å²) >= 11 is 0. The van der Waals surface area contributed by atoms with E-state index in [9.17, 15) is 0 Å². The Labute approximate surface area is 76.2 Å². The number of benzene rings is 1. The van der Waals surface area contributed by atoms with Gasteiger partial charge in [-0.15, -0.1) is 0 Å². The van der Waals surface area contributed by atoms with Crippen molar-refractivity contribution in [3.05, 3.63) is 36.1 Å². The molecular formula is C10H10O3. The van der Waals surface area contributed by atoms with E-state index in [4.69, 9.17) is 14.6 Å². The monoisotopic (exact) mass is 178 g/mol. The van der Waals surface area contributed by atoms with Crippen LogP contribution in [0.15, 0.2) is 30.5 Å². The molecule has 0 unspecified atom stereocenters. The highest BCUT2D eigenvalue weighted by atomic mass is 16.5. The molecule has 0 aromatic heterocycles. The Morgan fingerprint density at radius 3 is 3.08 bits per heavy atom. The zero-order chi connectivity index (χ0) is 9.10. The summed E-state index contributed by atoms with van der Waals surface area (Å²) in [6.07, 6.45) is 3.38. The van der Waals surface area contributed by atoms with E-state index in [2.05, 4.69) is 0 Å². The minimum absolute atomic E-state index is 0.0142. The maximum absolute atomic E-state index is 8.90. The van der Waals surface area contributed by atoms with Gasteiger partial charge >= 0.3 is 0 Å². The summed E-state index contributed by atoms with van der Waals surface area (Å²) in [5, 5.41) is 8.90. The second kappa shape index (κ2) is 3.49. The third-order valence-corrected chi connectivity index (χ3v) is 1.82. The molecule has 3 nitrogen and oxygen atoms in total. The molecule has 0 spiro atoms. The fraction of sp³-hybridized carbons (Fsp3) is 0.200. The van der Waals surface area contributed by atoms with Gasteiger partial charge in [-0.05, 0) is 23.8 Å². The van der Waals surface area contributed by atoms with Crippen LogP contribution in [0.5, 0.6) is 11.5 Å². The molecule has 0 fully saturated rings. The molecule has 1 aliphatic heterocycles. The van der Waals surface area contributed by atoms with Gasteiger partial charge in [0, 0.05) is 0 Å². The normalized spacial score (nSPS) is 13.9. The lowest BCUT2D eigenvalue weighted by Gasteiger charge is -2.07. The number of aliphatic hydroxyl groups excluding tert-OH is 1. The standard InChI is InChI=1S/C10H10O3/c11-7-8-2-3-9-10(6-8)13-5-1-4-12-9/h1-3,5-6,11H,4,7H2. The number of fused-ring (bicyclic) bond motifs is 1. The number of rotatable bonds is 1. The van der Waals surface area contributed by atoms with E-state index in [0.29, 0.717) is 18.1 Å². The summed E-state index contributed by atoms with van der Waals surface area (Å²) in [7, 11) is 0. The molecule has 1 aliphatic rings. The average molecular weight is 178 g/mol. The fourth-order valence-corrected chi connectivity index (χ4v) is 1.16. The van der Waals surface area contributed by atoms with Gasteiger partial charge in [-0.2, -0.15) is 0 Å². The van der Waals surface area contributed by atoms with Gasteiger partial charge < -0.3 is 14.6 Å². The minimum Gasteiger partial charge on any atom is -0.485 e. The van der Waals surface area contributed by atoms with Crippen molar-refractivity contribution >= 4 is 0 Å². The van der Waals surface area contributed by atoms with Gasteiger partial charge in [0.15, 0.2) is 11.5 Å². The van der Waals surface area contributed by atoms with Crippen LogP contribution in [0.1, 0.15) is 5.56 Å². The molecule has 0 saturated heterocycles. The van der Waals surface area contributed by atoms with Crippen LogP contribution in [0, 0.1) is 0 Å². The molecule has 1 aromatic rings. The van der Waals surface area contributed by atoms with E-state index in [-0.39, 0.29) is 6.61 Å². The Bertz CT molecular complexity index is 331. The van der Waals surface area contributed by atoms with Crippen molar-refractivity contribution in [2.75, 3.05) is 6.61 Å². The summed E-state index contributed by atoms with van der Waals surface area (Å²) in [6.45, 7) is 0.534. The Hall–Kier alpha value is -1.48. The van der Waals surface area contributed by atoms with Crippen LogP contribution in [-0.2, 0) is 6.61 Å². The highest BCUT2D eigenvalue weighted by Crippen LogP contribution is 2.29. The van der Waals surface area contributed by atoms with Crippen molar-refractivity contribution in [3.8, 4) is 11.5 Å². The highest BCUT2D eigenvalue weighted by molar-refractivity contribution is 5.43. The molecule has 2 rings (SSSR count). The predicted octanol–water partition coefficient (Wildman–Crippen LogP) is 1.46. The molecule has 68 valence electrons. The van der Waals surface area contributed by atoms with Crippen LogP contribution in [0.25, 0.3) is 0 Å². The summed E-state index contributed by atoms with van der Waals surface area (Å²) in [4.78, 5) is 0. The molecule has 0 atom stereocenters.